The second-order valence-corrected chi connectivity index (χ2v) is 7.56. The number of nitrogens with one attached hydrogen (secondary N) is 1. The Hall–Kier alpha value is -1.46. The second-order valence-electron chi connectivity index (χ2n) is 5.01. The first-order chi connectivity index (χ1) is 11.7. The highest BCUT2D eigenvalue weighted by Gasteiger charge is 2.30. The molecule has 0 aliphatic rings. The van der Waals surface area contributed by atoms with E-state index in [0.29, 0.717) is 12.1 Å². The van der Waals surface area contributed by atoms with Crippen LogP contribution in [0.5, 0.6) is 0 Å². The van der Waals surface area contributed by atoms with E-state index in [9.17, 15) is 21.6 Å². The van der Waals surface area contributed by atoms with Crippen molar-refractivity contribution in [3.8, 4) is 0 Å². The predicted molar refractivity (Wildman–Crippen MR) is 86.7 cm³/mol. The van der Waals surface area contributed by atoms with Gasteiger partial charge in [-0.05, 0) is 46.7 Å². The molecule has 2 N–H and O–H groups in total. The third-order valence-electron chi connectivity index (χ3n) is 3.28. The van der Waals surface area contributed by atoms with Crippen LogP contribution in [0.15, 0.2) is 46.0 Å². The Labute approximate surface area is 147 Å². The van der Waals surface area contributed by atoms with Crippen LogP contribution in [0.25, 0.3) is 0 Å². The van der Waals surface area contributed by atoms with E-state index in [4.69, 9.17) is 9.84 Å². The van der Waals surface area contributed by atoms with Crippen LogP contribution < -0.4 is 4.72 Å². The van der Waals surface area contributed by atoms with Gasteiger partial charge in [0, 0.05) is 6.54 Å². The van der Waals surface area contributed by atoms with Crippen LogP contribution in [-0.4, -0.2) is 33.3 Å². The number of halogens is 3. The van der Waals surface area contributed by atoms with Crippen molar-refractivity contribution in [1.29, 1.82) is 0 Å². The normalized spacial score (nSPS) is 13.8. The van der Waals surface area contributed by atoms with Gasteiger partial charge in [-0.15, -0.1) is 0 Å². The fourth-order valence-electron chi connectivity index (χ4n) is 2.02. The van der Waals surface area contributed by atoms with E-state index in [1.807, 2.05) is 0 Å². The van der Waals surface area contributed by atoms with Crippen LogP contribution in [-0.2, 0) is 20.9 Å². The van der Waals surface area contributed by atoms with Crippen molar-refractivity contribution in [2.24, 2.45) is 0 Å². The van der Waals surface area contributed by atoms with Crippen LogP contribution in [0.3, 0.4) is 0 Å². The average molecular weight is 395 g/mol. The Morgan fingerprint density at radius 1 is 1.20 bits per heavy atom. The predicted octanol–water partition coefficient (Wildman–Crippen LogP) is 2.80. The van der Waals surface area contributed by atoms with Gasteiger partial charge in [0.25, 0.3) is 0 Å². The zero-order chi connectivity index (χ0) is 18.5. The molecule has 25 heavy (non-hydrogen) atoms. The lowest BCUT2D eigenvalue weighted by molar-refractivity contribution is -0.137. The standard InChI is InChI=1S/C15H16F3NO4S2/c16-15(17,18)12-1-3-13(4-2-12)25(21,22)19-9-14(23-7-6-20)11-5-8-24-10-11/h1-5,8,10,14,19-20H,6-7,9H2/t14-/m0/s1. The molecular weight excluding hydrogens is 379 g/mol. The number of aliphatic hydroxyl groups is 1. The monoisotopic (exact) mass is 395 g/mol. The molecule has 0 unspecified atom stereocenters. The molecule has 1 aromatic carbocycles. The summed E-state index contributed by atoms with van der Waals surface area (Å²) in [6.45, 7) is -0.297. The van der Waals surface area contributed by atoms with Gasteiger partial charge in [0.2, 0.25) is 10.0 Å². The number of hydrogen-bond donors (Lipinski definition) is 2. The summed E-state index contributed by atoms with van der Waals surface area (Å²) >= 11 is 1.41. The summed E-state index contributed by atoms with van der Waals surface area (Å²) in [5.74, 6) is 0. The number of hydrogen-bond acceptors (Lipinski definition) is 5. The Bertz CT molecular complexity index is 759. The van der Waals surface area contributed by atoms with Crippen LogP contribution in [0.4, 0.5) is 13.2 Å². The van der Waals surface area contributed by atoms with Gasteiger partial charge in [-0.1, -0.05) is 0 Å². The van der Waals surface area contributed by atoms with Crippen LogP contribution in [0.2, 0.25) is 0 Å². The maximum Gasteiger partial charge on any atom is 0.416 e. The quantitative estimate of drug-likeness (QED) is 0.721. The van der Waals surface area contributed by atoms with E-state index >= 15 is 0 Å². The molecule has 0 fully saturated rings. The first-order valence-electron chi connectivity index (χ1n) is 7.15. The lowest BCUT2D eigenvalue weighted by Gasteiger charge is -2.17. The minimum atomic E-state index is -4.53. The maximum atomic E-state index is 12.5. The van der Waals surface area contributed by atoms with Gasteiger partial charge >= 0.3 is 6.18 Å². The van der Waals surface area contributed by atoms with Crippen LogP contribution >= 0.6 is 11.3 Å². The Kier molecular flexibility index (Phi) is 6.58. The van der Waals surface area contributed by atoms with Crippen molar-refractivity contribution in [2.45, 2.75) is 17.2 Å². The smallest absolute Gasteiger partial charge is 0.394 e. The molecule has 1 atom stereocenters. The van der Waals surface area contributed by atoms with Crippen molar-refractivity contribution in [3.05, 3.63) is 52.2 Å². The average Bonchev–Trinajstić information content (AvgIpc) is 3.08. The Balaban J connectivity index is 2.09. The molecule has 1 heterocycles. The molecule has 0 radical (unpaired) electrons. The number of benzene rings is 1. The summed E-state index contributed by atoms with van der Waals surface area (Å²) in [6, 6.07) is 5.00. The Morgan fingerprint density at radius 2 is 1.88 bits per heavy atom. The van der Waals surface area contributed by atoms with Crippen LogP contribution in [0.1, 0.15) is 17.2 Å². The van der Waals surface area contributed by atoms with Crippen molar-refractivity contribution >= 4 is 21.4 Å². The number of alkyl halides is 3. The molecule has 10 heteroatoms. The molecule has 0 aliphatic heterocycles. The molecule has 0 bridgehead atoms. The molecule has 138 valence electrons. The van der Waals surface area contributed by atoms with Gasteiger partial charge in [-0.3, -0.25) is 0 Å². The molecule has 5 nitrogen and oxygen atoms in total. The summed E-state index contributed by atoms with van der Waals surface area (Å²) in [5.41, 5.74) is -0.178. The molecule has 1 aromatic heterocycles. The van der Waals surface area contributed by atoms with Crippen molar-refractivity contribution < 1.29 is 31.4 Å². The number of aliphatic hydroxyl groups excluding tert-OH is 1. The fraction of sp³-hybridized carbons (Fsp3) is 0.333. The zero-order valence-corrected chi connectivity index (χ0v) is 14.5. The third kappa shape index (κ3) is 5.51. The highest BCUT2D eigenvalue weighted by atomic mass is 32.2. The topological polar surface area (TPSA) is 75.6 Å². The summed E-state index contributed by atoms with van der Waals surface area (Å²) < 4.78 is 69.9. The van der Waals surface area contributed by atoms with Gasteiger partial charge in [0.05, 0.1) is 29.8 Å². The van der Waals surface area contributed by atoms with Crippen molar-refractivity contribution in [1.82, 2.24) is 4.72 Å². The van der Waals surface area contributed by atoms with E-state index in [-0.39, 0.29) is 24.7 Å². The zero-order valence-electron chi connectivity index (χ0n) is 12.9. The molecule has 2 rings (SSSR count). The number of rotatable bonds is 8. The highest BCUT2D eigenvalue weighted by Crippen LogP contribution is 2.29. The first-order valence-corrected chi connectivity index (χ1v) is 9.58. The first kappa shape index (κ1) is 19.9. The molecule has 0 saturated heterocycles. The third-order valence-corrected chi connectivity index (χ3v) is 5.42. The van der Waals surface area contributed by atoms with Gasteiger partial charge < -0.3 is 9.84 Å². The lowest BCUT2D eigenvalue weighted by Crippen LogP contribution is -2.30. The van der Waals surface area contributed by atoms with Gasteiger partial charge in [-0.25, -0.2) is 13.1 Å². The van der Waals surface area contributed by atoms with Crippen molar-refractivity contribution in [3.63, 3.8) is 0 Å². The molecular formula is C15H16F3NO4S2. The number of thiophene rings is 1. The maximum absolute atomic E-state index is 12.5. The Morgan fingerprint density at radius 3 is 2.40 bits per heavy atom. The van der Waals surface area contributed by atoms with E-state index < -0.39 is 27.9 Å². The molecule has 0 saturated carbocycles. The SMILES string of the molecule is O=S(=O)(NC[C@H](OCCO)c1ccsc1)c1ccc(C(F)(F)F)cc1. The number of sulfonamides is 1. The number of ether oxygens (including phenoxy) is 1. The summed E-state index contributed by atoms with van der Waals surface area (Å²) in [6.07, 6.45) is -5.14. The lowest BCUT2D eigenvalue weighted by atomic mass is 10.2. The largest absolute Gasteiger partial charge is 0.416 e. The van der Waals surface area contributed by atoms with Crippen molar-refractivity contribution in [2.75, 3.05) is 19.8 Å². The highest BCUT2D eigenvalue weighted by molar-refractivity contribution is 7.89. The van der Waals surface area contributed by atoms with E-state index in [2.05, 4.69) is 4.72 Å². The fourth-order valence-corrected chi connectivity index (χ4v) is 3.75. The van der Waals surface area contributed by atoms with Gasteiger partial charge in [0.1, 0.15) is 0 Å². The molecule has 0 amide bonds. The summed E-state index contributed by atoms with van der Waals surface area (Å²) in [7, 11) is -3.99. The van der Waals surface area contributed by atoms with E-state index in [1.165, 1.54) is 11.3 Å². The molecule has 2 aromatic rings. The summed E-state index contributed by atoms with van der Waals surface area (Å²) in [5, 5.41) is 12.4. The van der Waals surface area contributed by atoms with Gasteiger partial charge in [-0.2, -0.15) is 24.5 Å². The van der Waals surface area contributed by atoms with Gasteiger partial charge in [0.15, 0.2) is 0 Å². The van der Waals surface area contributed by atoms with Crippen LogP contribution in [0, 0.1) is 0 Å². The molecule has 0 spiro atoms. The summed E-state index contributed by atoms with van der Waals surface area (Å²) in [4.78, 5) is -0.272. The van der Waals surface area contributed by atoms with E-state index in [1.54, 1.807) is 16.8 Å². The molecule has 0 aliphatic carbocycles. The second kappa shape index (κ2) is 8.28. The minimum Gasteiger partial charge on any atom is -0.394 e. The van der Waals surface area contributed by atoms with E-state index in [0.717, 1.165) is 17.7 Å². The minimum absolute atomic E-state index is 0.0303.